The molecule has 1 atom stereocenters. The molecule has 108 valence electrons. The molecular weight excluding hydrogens is 226 g/mol. The first-order valence-corrected chi connectivity index (χ1v) is 7.75. The highest BCUT2D eigenvalue weighted by Gasteiger charge is 2.49. The van der Waals surface area contributed by atoms with E-state index >= 15 is 0 Å². The molecule has 0 radical (unpaired) electrons. The number of unbranched alkanes of at least 4 members (excludes halogenated alkanes) is 5. The number of epoxide rings is 1. The van der Waals surface area contributed by atoms with Crippen LogP contribution in [0.4, 0.5) is 0 Å². The molecule has 0 N–H and O–H groups in total. The Morgan fingerprint density at radius 2 is 1.61 bits per heavy atom. The minimum absolute atomic E-state index is 0.0777. The molecule has 0 saturated carbocycles. The SMILES string of the molecule is CCCCCCCCOCC1(N(CC)CC)CO1. The average molecular weight is 257 g/mol. The predicted molar refractivity (Wildman–Crippen MR) is 75.8 cm³/mol. The summed E-state index contributed by atoms with van der Waals surface area (Å²) in [6, 6.07) is 0. The number of nitrogens with zero attached hydrogens (tertiary/aromatic N) is 1. The van der Waals surface area contributed by atoms with Crippen molar-refractivity contribution >= 4 is 0 Å². The molecule has 1 fully saturated rings. The smallest absolute Gasteiger partial charge is 0.168 e. The van der Waals surface area contributed by atoms with Crippen molar-refractivity contribution in [2.45, 2.75) is 65.0 Å². The van der Waals surface area contributed by atoms with E-state index in [4.69, 9.17) is 9.47 Å². The second-order valence-electron chi connectivity index (χ2n) is 5.23. The van der Waals surface area contributed by atoms with Crippen molar-refractivity contribution in [3.8, 4) is 0 Å². The number of likely N-dealkylation sites (N-methyl/N-ethyl adjacent to an activating group) is 1. The van der Waals surface area contributed by atoms with E-state index in [9.17, 15) is 0 Å². The quantitative estimate of drug-likeness (QED) is 0.395. The van der Waals surface area contributed by atoms with Gasteiger partial charge in [-0.05, 0) is 19.5 Å². The lowest BCUT2D eigenvalue weighted by molar-refractivity contribution is -0.00620. The first kappa shape index (κ1) is 15.9. The summed E-state index contributed by atoms with van der Waals surface area (Å²) in [6.07, 6.45) is 7.93. The van der Waals surface area contributed by atoms with Crippen LogP contribution in [0.25, 0.3) is 0 Å². The summed E-state index contributed by atoms with van der Waals surface area (Å²) in [6.45, 7) is 11.2. The zero-order valence-electron chi connectivity index (χ0n) is 12.5. The number of hydrogen-bond donors (Lipinski definition) is 0. The van der Waals surface area contributed by atoms with Crippen LogP contribution < -0.4 is 0 Å². The van der Waals surface area contributed by atoms with Crippen LogP contribution in [0, 0.1) is 0 Å². The lowest BCUT2D eigenvalue weighted by Gasteiger charge is -2.26. The summed E-state index contributed by atoms with van der Waals surface area (Å²) in [5.41, 5.74) is -0.0777. The summed E-state index contributed by atoms with van der Waals surface area (Å²) < 4.78 is 11.4. The van der Waals surface area contributed by atoms with Gasteiger partial charge in [0.05, 0.1) is 13.2 Å². The Kier molecular flexibility index (Phi) is 7.87. The number of ether oxygens (including phenoxy) is 2. The molecule has 0 bridgehead atoms. The van der Waals surface area contributed by atoms with E-state index in [2.05, 4.69) is 25.7 Å². The van der Waals surface area contributed by atoms with Gasteiger partial charge in [-0.1, -0.05) is 52.9 Å². The van der Waals surface area contributed by atoms with Gasteiger partial charge in [0.2, 0.25) is 0 Å². The summed E-state index contributed by atoms with van der Waals surface area (Å²) >= 11 is 0. The van der Waals surface area contributed by atoms with Gasteiger partial charge in [-0.2, -0.15) is 0 Å². The van der Waals surface area contributed by atoms with Crippen molar-refractivity contribution in [3.05, 3.63) is 0 Å². The number of hydrogen-bond acceptors (Lipinski definition) is 3. The van der Waals surface area contributed by atoms with Crippen LogP contribution in [-0.2, 0) is 9.47 Å². The third-order valence-electron chi connectivity index (χ3n) is 3.79. The number of rotatable bonds is 12. The first-order chi connectivity index (χ1) is 8.79. The molecule has 0 aromatic carbocycles. The fourth-order valence-corrected chi connectivity index (χ4v) is 2.46. The minimum Gasteiger partial charge on any atom is -0.377 e. The summed E-state index contributed by atoms with van der Waals surface area (Å²) in [7, 11) is 0. The van der Waals surface area contributed by atoms with Crippen LogP contribution in [-0.4, -0.2) is 43.5 Å². The normalized spacial score (nSPS) is 22.7. The molecule has 3 nitrogen and oxygen atoms in total. The van der Waals surface area contributed by atoms with Crippen molar-refractivity contribution < 1.29 is 9.47 Å². The first-order valence-electron chi connectivity index (χ1n) is 7.75. The van der Waals surface area contributed by atoms with E-state index in [1.807, 2.05) is 0 Å². The predicted octanol–water partition coefficient (Wildman–Crippen LogP) is 3.43. The molecule has 0 spiro atoms. The lowest BCUT2D eigenvalue weighted by Crippen LogP contribution is -2.42. The summed E-state index contributed by atoms with van der Waals surface area (Å²) in [4.78, 5) is 2.36. The van der Waals surface area contributed by atoms with E-state index in [-0.39, 0.29) is 5.72 Å². The third-order valence-corrected chi connectivity index (χ3v) is 3.79. The average Bonchev–Trinajstić information content (AvgIpc) is 3.15. The second kappa shape index (κ2) is 8.89. The van der Waals surface area contributed by atoms with Gasteiger partial charge >= 0.3 is 0 Å². The third kappa shape index (κ3) is 5.25. The van der Waals surface area contributed by atoms with E-state index in [1.54, 1.807) is 0 Å². The van der Waals surface area contributed by atoms with Crippen molar-refractivity contribution in [2.75, 3.05) is 32.9 Å². The van der Waals surface area contributed by atoms with Crippen molar-refractivity contribution in [1.82, 2.24) is 4.90 Å². The van der Waals surface area contributed by atoms with Crippen LogP contribution in [0.2, 0.25) is 0 Å². The largest absolute Gasteiger partial charge is 0.377 e. The summed E-state index contributed by atoms with van der Waals surface area (Å²) in [5.74, 6) is 0. The van der Waals surface area contributed by atoms with Gasteiger partial charge in [0.25, 0.3) is 0 Å². The van der Waals surface area contributed by atoms with Crippen LogP contribution in [0.3, 0.4) is 0 Å². The van der Waals surface area contributed by atoms with Gasteiger partial charge in [-0.15, -0.1) is 0 Å². The zero-order valence-corrected chi connectivity index (χ0v) is 12.5. The molecule has 1 aliphatic rings. The van der Waals surface area contributed by atoms with E-state index < -0.39 is 0 Å². The van der Waals surface area contributed by atoms with Gasteiger partial charge in [0.15, 0.2) is 5.72 Å². The molecular formula is C15H31NO2. The van der Waals surface area contributed by atoms with Crippen LogP contribution in [0.5, 0.6) is 0 Å². The Morgan fingerprint density at radius 3 is 2.17 bits per heavy atom. The van der Waals surface area contributed by atoms with Crippen LogP contribution >= 0.6 is 0 Å². The standard InChI is InChI=1S/C15H31NO2/c1-4-7-8-9-10-11-12-17-13-15(14-18-15)16(5-2)6-3/h4-14H2,1-3H3. The van der Waals surface area contributed by atoms with Crippen LogP contribution in [0.1, 0.15) is 59.3 Å². The van der Waals surface area contributed by atoms with Crippen molar-refractivity contribution in [3.63, 3.8) is 0 Å². The minimum atomic E-state index is -0.0777. The summed E-state index contributed by atoms with van der Waals surface area (Å²) in [5, 5.41) is 0. The van der Waals surface area contributed by atoms with Gasteiger partial charge in [-0.25, -0.2) is 0 Å². The fraction of sp³-hybridized carbons (Fsp3) is 1.00. The molecule has 1 unspecified atom stereocenters. The molecule has 1 aliphatic heterocycles. The molecule has 1 saturated heterocycles. The Morgan fingerprint density at radius 1 is 1.00 bits per heavy atom. The molecule has 1 rings (SSSR count). The van der Waals surface area contributed by atoms with Gasteiger partial charge < -0.3 is 9.47 Å². The van der Waals surface area contributed by atoms with Gasteiger partial charge in [0, 0.05) is 6.61 Å². The van der Waals surface area contributed by atoms with E-state index in [1.165, 1.54) is 38.5 Å². The molecule has 0 aliphatic carbocycles. The Bertz CT molecular complexity index is 201. The topological polar surface area (TPSA) is 25.0 Å². The highest BCUT2D eigenvalue weighted by molar-refractivity contribution is 4.91. The molecule has 3 heteroatoms. The Labute approximate surface area is 113 Å². The molecule has 0 aromatic rings. The fourth-order valence-electron chi connectivity index (χ4n) is 2.46. The van der Waals surface area contributed by atoms with Crippen molar-refractivity contribution in [2.24, 2.45) is 0 Å². The molecule has 0 aromatic heterocycles. The monoisotopic (exact) mass is 257 g/mol. The highest BCUT2D eigenvalue weighted by atomic mass is 16.6. The Balaban J connectivity index is 1.97. The second-order valence-corrected chi connectivity index (χ2v) is 5.23. The molecule has 1 heterocycles. The maximum absolute atomic E-state index is 5.79. The molecule has 0 amide bonds. The Hall–Kier alpha value is -0.120. The maximum Gasteiger partial charge on any atom is 0.168 e. The molecule has 18 heavy (non-hydrogen) atoms. The highest BCUT2D eigenvalue weighted by Crippen LogP contribution is 2.31. The zero-order chi connectivity index (χ0) is 13.3. The lowest BCUT2D eigenvalue weighted by atomic mass is 10.1. The van der Waals surface area contributed by atoms with Crippen molar-refractivity contribution in [1.29, 1.82) is 0 Å². The van der Waals surface area contributed by atoms with Gasteiger partial charge in [-0.3, -0.25) is 4.90 Å². The van der Waals surface area contributed by atoms with E-state index in [0.717, 1.165) is 32.9 Å². The van der Waals surface area contributed by atoms with Crippen LogP contribution in [0.15, 0.2) is 0 Å². The maximum atomic E-state index is 5.79. The van der Waals surface area contributed by atoms with Gasteiger partial charge in [0.1, 0.15) is 0 Å². The van der Waals surface area contributed by atoms with E-state index in [0.29, 0.717) is 0 Å².